The van der Waals surface area contributed by atoms with Crippen molar-refractivity contribution in [1.82, 2.24) is 0 Å². The molecule has 0 aromatic heterocycles. The van der Waals surface area contributed by atoms with Gasteiger partial charge in [-0.05, 0) is 41.6 Å². The van der Waals surface area contributed by atoms with Crippen LogP contribution < -0.4 is 9.47 Å². The minimum atomic E-state index is 0.868. The molecule has 0 heterocycles. The second-order valence-corrected chi connectivity index (χ2v) is 3.57. The average molecular weight is 278 g/mol. The molecule has 0 saturated heterocycles. The molecule has 0 unspecified atom stereocenters. The highest BCUT2D eigenvalue weighted by atomic mass is 127. The zero-order valence-electron chi connectivity index (χ0n) is 7.35. The summed E-state index contributed by atoms with van der Waals surface area (Å²) < 4.78 is 11.5. The third-order valence-electron chi connectivity index (χ3n) is 1.73. The molecule has 0 fully saturated rings. The van der Waals surface area contributed by atoms with Crippen molar-refractivity contribution in [3.63, 3.8) is 0 Å². The summed E-state index contributed by atoms with van der Waals surface area (Å²) in [6, 6.07) is 3.92. The zero-order valence-corrected chi connectivity index (χ0v) is 9.51. The van der Waals surface area contributed by atoms with E-state index in [1.54, 1.807) is 14.2 Å². The maximum atomic E-state index is 5.23. The van der Waals surface area contributed by atoms with Gasteiger partial charge < -0.3 is 9.47 Å². The van der Waals surface area contributed by atoms with Crippen LogP contribution in [0.4, 0.5) is 0 Å². The zero-order chi connectivity index (χ0) is 9.14. The van der Waals surface area contributed by atoms with Crippen LogP contribution in [0.5, 0.6) is 11.5 Å². The highest BCUT2D eigenvalue weighted by molar-refractivity contribution is 14.1. The molecular formula is C9H11IO2. The molecule has 0 radical (unpaired) electrons. The first kappa shape index (κ1) is 9.64. The van der Waals surface area contributed by atoms with Crippen LogP contribution >= 0.6 is 22.6 Å². The van der Waals surface area contributed by atoms with Gasteiger partial charge in [0.1, 0.15) is 11.5 Å². The van der Waals surface area contributed by atoms with Crippen LogP contribution in [-0.2, 0) is 0 Å². The van der Waals surface area contributed by atoms with E-state index >= 15 is 0 Å². The Balaban J connectivity index is 3.24. The van der Waals surface area contributed by atoms with Crippen molar-refractivity contribution in [2.24, 2.45) is 0 Å². The molecule has 0 aliphatic rings. The van der Waals surface area contributed by atoms with Crippen LogP contribution in [0.3, 0.4) is 0 Å². The molecule has 1 aromatic rings. The second kappa shape index (κ2) is 3.98. The SMILES string of the molecule is COc1ccc(I)c(OC)c1C. The normalized spacial score (nSPS) is 9.67. The van der Waals surface area contributed by atoms with Crippen LogP contribution in [0.2, 0.25) is 0 Å². The second-order valence-electron chi connectivity index (χ2n) is 2.41. The molecule has 12 heavy (non-hydrogen) atoms. The summed E-state index contributed by atoms with van der Waals surface area (Å²) in [6.45, 7) is 1.99. The molecule has 1 aromatic carbocycles. The van der Waals surface area contributed by atoms with Gasteiger partial charge in [0.25, 0.3) is 0 Å². The average Bonchev–Trinajstić information content (AvgIpc) is 2.06. The molecular weight excluding hydrogens is 267 g/mol. The lowest BCUT2D eigenvalue weighted by Crippen LogP contribution is -1.94. The van der Waals surface area contributed by atoms with E-state index in [9.17, 15) is 0 Å². The number of ether oxygens (including phenoxy) is 2. The standard InChI is InChI=1S/C9H11IO2/c1-6-8(11-2)5-4-7(10)9(6)12-3/h4-5H,1-3H3. The smallest absolute Gasteiger partial charge is 0.138 e. The van der Waals surface area contributed by atoms with Crippen LogP contribution in [0.25, 0.3) is 0 Å². The van der Waals surface area contributed by atoms with Gasteiger partial charge in [-0.2, -0.15) is 0 Å². The summed E-state index contributed by atoms with van der Waals surface area (Å²) in [4.78, 5) is 0. The van der Waals surface area contributed by atoms with Crippen molar-refractivity contribution in [3.05, 3.63) is 21.3 Å². The Morgan fingerprint density at radius 3 is 2.33 bits per heavy atom. The highest BCUT2D eigenvalue weighted by Crippen LogP contribution is 2.31. The Kier molecular flexibility index (Phi) is 3.20. The largest absolute Gasteiger partial charge is 0.496 e. The topological polar surface area (TPSA) is 18.5 Å². The molecule has 0 aliphatic carbocycles. The van der Waals surface area contributed by atoms with Gasteiger partial charge in [0.05, 0.1) is 17.8 Å². The Morgan fingerprint density at radius 2 is 1.83 bits per heavy atom. The van der Waals surface area contributed by atoms with Gasteiger partial charge in [0.2, 0.25) is 0 Å². The van der Waals surface area contributed by atoms with E-state index in [1.807, 2.05) is 19.1 Å². The lowest BCUT2D eigenvalue weighted by Gasteiger charge is -2.10. The fourth-order valence-electron chi connectivity index (χ4n) is 1.11. The number of benzene rings is 1. The van der Waals surface area contributed by atoms with E-state index in [2.05, 4.69) is 22.6 Å². The highest BCUT2D eigenvalue weighted by Gasteiger charge is 2.07. The Morgan fingerprint density at radius 1 is 1.17 bits per heavy atom. The predicted octanol–water partition coefficient (Wildman–Crippen LogP) is 2.62. The summed E-state index contributed by atoms with van der Waals surface area (Å²) in [6.07, 6.45) is 0. The van der Waals surface area contributed by atoms with Crippen LogP contribution in [0, 0.1) is 10.5 Å². The van der Waals surface area contributed by atoms with Gasteiger partial charge >= 0.3 is 0 Å². The molecule has 0 spiro atoms. The molecule has 0 aliphatic heterocycles. The van der Waals surface area contributed by atoms with E-state index in [4.69, 9.17) is 9.47 Å². The lowest BCUT2D eigenvalue weighted by molar-refractivity contribution is 0.387. The Hall–Kier alpha value is -0.450. The third kappa shape index (κ3) is 1.65. The van der Waals surface area contributed by atoms with Gasteiger partial charge in [-0.3, -0.25) is 0 Å². The van der Waals surface area contributed by atoms with Crippen LogP contribution in [0.1, 0.15) is 5.56 Å². The maximum absolute atomic E-state index is 5.23. The van der Waals surface area contributed by atoms with E-state index in [-0.39, 0.29) is 0 Å². The maximum Gasteiger partial charge on any atom is 0.138 e. The molecule has 0 bridgehead atoms. The van der Waals surface area contributed by atoms with Crippen molar-refractivity contribution < 1.29 is 9.47 Å². The predicted molar refractivity (Wildman–Crippen MR) is 57.0 cm³/mol. The fourth-order valence-corrected chi connectivity index (χ4v) is 1.92. The summed E-state index contributed by atoms with van der Waals surface area (Å²) in [5.41, 5.74) is 1.05. The molecule has 66 valence electrons. The van der Waals surface area contributed by atoms with Crippen molar-refractivity contribution >= 4 is 22.6 Å². The van der Waals surface area contributed by atoms with Crippen molar-refractivity contribution in [2.45, 2.75) is 6.92 Å². The Bertz CT molecular complexity index is 284. The molecule has 3 heteroatoms. The van der Waals surface area contributed by atoms with Gasteiger partial charge in [-0.1, -0.05) is 0 Å². The van der Waals surface area contributed by atoms with Crippen molar-refractivity contribution in [2.75, 3.05) is 14.2 Å². The van der Waals surface area contributed by atoms with E-state index in [1.165, 1.54) is 0 Å². The first-order valence-electron chi connectivity index (χ1n) is 3.57. The monoisotopic (exact) mass is 278 g/mol. The molecule has 0 amide bonds. The molecule has 1 rings (SSSR count). The van der Waals surface area contributed by atoms with Gasteiger partial charge in [0, 0.05) is 5.56 Å². The quantitative estimate of drug-likeness (QED) is 0.774. The van der Waals surface area contributed by atoms with Crippen molar-refractivity contribution in [3.8, 4) is 11.5 Å². The lowest BCUT2D eigenvalue weighted by atomic mass is 10.2. The van der Waals surface area contributed by atoms with Crippen molar-refractivity contribution in [1.29, 1.82) is 0 Å². The van der Waals surface area contributed by atoms with E-state index < -0.39 is 0 Å². The van der Waals surface area contributed by atoms with E-state index in [0.717, 1.165) is 20.6 Å². The summed E-state index contributed by atoms with van der Waals surface area (Å²) in [5, 5.41) is 0. The molecule has 0 atom stereocenters. The minimum absolute atomic E-state index is 0.868. The first-order chi connectivity index (χ1) is 5.70. The van der Waals surface area contributed by atoms with Gasteiger partial charge in [-0.15, -0.1) is 0 Å². The summed E-state index contributed by atoms with van der Waals surface area (Å²) >= 11 is 2.24. The Labute approximate surface area is 86.0 Å². The number of hydrogen-bond donors (Lipinski definition) is 0. The molecule has 2 nitrogen and oxygen atoms in total. The van der Waals surface area contributed by atoms with Crippen LogP contribution in [-0.4, -0.2) is 14.2 Å². The van der Waals surface area contributed by atoms with Gasteiger partial charge in [0.15, 0.2) is 0 Å². The number of halogens is 1. The number of rotatable bonds is 2. The molecule has 0 N–H and O–H groups in total. The van der Waals surface area contributed by atoms with Crippen LogP contribution in [0.15, 0.2) is 12.1 Å². The third-order valence-corrected chi connectivity index (χ3v) is 2.58. The van der Waals surface area contributed by atoms with E-state index in [0.29, 0.717) is 0 Å². The fraction of sp³-hybridized carbons (Fsp3) is 0.333. The minimum Gasteiger partial charge on any atom is -0.496 e. The van der Waals surface area contributed by atoms with Gasteiger partial charge in [-0.25, -0.2) is 0 Å². The summed E-state index contributed by atoms with van der Waals surface area (Å²) in [7, 11) is 3.33. The molecule has 0 saturated carbocycles. The number of hydrogen-bond acceptors (Lipinski definition) is 2. The first-order valence-corrected chi connectivity index (χ1v) is 4.65. The number of methoxy groups -OCH3 is 2. The summed E-state index contributed by atoms with van der Waals surface area (Å²) in [5.74, 6) is 1.77.